The summed E-state index contributed by atoms with van der Waals surface area (Å²) in [7, 11) is 3.18. The SMILES string of the molecule is COCCNC(=O)c1ccc(NC(=O)/C=C/c2ccc(OC)cc2)cc1. The third-order valence-corrected chi connectivity index (χ3v) is 3.55. The Balaban J connectivity index is 1.88. The number of rotatable bonds is 8. The predicted molar refractivity (Wildman–Crippen MR) is 101 cm³/mol. The van der Waals surface area contributed by atoms with Crippen molar-refractivity contribution in [1.82, 2.24) is 5.32 Å². The van der Waals surface area contributed by atoms with Crippen molar-refractivity contribution in [1.29, 1.82) is 0 Å². The van der Waals surface area contributed by atoms with E-state index in [1.54, 1.807) is 44.6 Å². The maximum atomic E-state index is 12.0. The zero-order chi connectivity index (χ0) is 18.8. The molecule has 0 aliphatic rings. The summed E-state index contributed by atoms with van der Waals surface area (Å²) in [6, 6.07) is 14.1. The molecule has 26 heavy (non-hydrogen) atoms. The van der Waals surface area contributed by atoms with Gasteiger partial charge in [0.15, 0.2) is 0 Å². The molecule has 0 aliphatic heterocycles. The summed E-state index contributed by atoms with van der Waals surface area (Å²) < 4.78 is 9.97. The molecule has 2 amide bonds. The van der Waals surface area contributed by atoms with E-state index in [0.29, 0.717) is 24.4 Å². The minimum absolute atomic E-state index is 0.181. The lowest BCUT2D eigenvalue weighted by Gasteiger charge is -2.06. The second-order valence-corrected chi connectivity index (χ2v) is 5.42. The second-order valence-electron chi connectivity index (χ2n) is 5.42. The normalized spacial score (nSPS) is 10.5. The van der Waals surface area contributed by atoms with Crippen molar-refractivity contribution < 1.29 is 19.1 Å². The van der Waals surface area contributed by atoms with Gasteiger partial charge in [0.05, 0.1) is 13.7 Å². The zero-order valence-electron chi connectivity index (χ0n) is 14.8. The molecule has 0 unspecified atom stereocenters. The van der Waals surface area contributed by atoms with E-state index >= 15 is 0 Å². The summed E-state index contributed by atoms with van der Waals surface area (Å²) >= 11 is 0. The molecule has 2 N–H and O–H groups in total. The number of nitrogens with one attached hydrogen (secondary N) is 2. The van der Waals surface area contributed by atoms with Crippen molar-refractivity contribution in [2.45, 2.75) is 0 Å². The maximum absolute atomic E-state index is 12.0. The van der Waals surface area contributed by atoms with Crippen LogP contribution in [-0.4, -0.2) is 39.2 Å². The van der Waals surface area contributed by atoms with Crippen molar-refractivity contribution in [3.05, 3.63) is 65.7 Å². The van der Waals surface area contributed by atoms with Crippen LogP contribution in [-0.2, 0) is 9.53 Å². The van der Waals surface area contributed by atoms with Crippen LogP contribution in [0.1, 0.15) is 15.9 Å². The molecule has 0 saturated heterocycles. The second kappa shape index (κ2) is 10.0. The number of carbonyl (C=O) groups excluding carboxylic acids is 2. The number of hydrogen-bond donors (Lipinski definition) is 2. The molecule has 6 nitrogen and oxygen atoms in total. The van der Waals surface area contributed by atoms with Gasteiger partial charge in [-0.15, -0.1) is 0 Å². The van der Waals surface area contributed by atoms with E-state index in [9.17, 15) is 9.59 Å². The van der Waals surface area contributed by atoms with Crippen molar-refractivity contribution >= 4 is 23.6 Å². The maximum Gasteiger partial charge on any atom is 0.251 e. The number of benzene rings is 2. The number of anilines is 1. The van der Waals surface area contributed by atoms with Crippen LogP contribution in [0, 0.1) is 0 Å². The highest BCUT2D eigenvalue weighted by molar-refractivity contribution is 6.02. The van der Waals surface area contributed by atoms with Crippen LogP contribution in [0.4, 0.5) is 5.69 Å². The van der Waals surface area contributed by atoms with Crippen LogP contribution in [0.25, 0.3) is 6.08 Å². The van der Waals surface area contributed by atoms with Crippen molar-refractivity contribution in [3.8, 4) is 5.75 Å². The zero-order valence-corrected chi connectivity index (χ0v) is 14.8. The van der Waals surface area contributed by atoms with Crippen LogP contribution in [0.15, 0.2) is 54.6 Å². The summed E-state index contributed by atoms with van der Waals surface area (Å²) in [6.45, 7) is 0.907. The minimum atomic E-state index is -0.252. The summed E-state index contributed by atoms with van der Waals surface area (Å²) in [5.41, 5.74) is 2.03. The summed E-state index contributed by atoms with van der Waals surface area (Å²) in [6.07, 6.45) is 3.17. The molecule has 0 heterocycles. The number of carbonyl (C=O) groups is 2. The Morgan fingerprint density at radius 3 is 2.31 bits per heavy atom. The molecule has 0 atom stereocenters. The molecule has 2 aromatic rings. The van der Waals surface area contributed by atoms with Gasteiger partial charge in [-0.2, -0.15) is 0 Å². The molecule has 0 bridgehead atoms. The molecule has 6 heteroatoms. The van der Waals surface area contributed by atoms with E-state index in [-0.39, 0.29) is 11.8 Å². The molecule has 136 valence electrons. The summed E-state index contributed by atoms with van der Waals surface area (Å²) in [5.74, 6) is 0.329. The fraction of sp³-hybridized carbons (Fsp3) is 0.200. The van der Waals surface area contributed by atoms with Gasteiger partial charge in [0, 0.05) is 31.0 Å². The number of hydrogen-bond acceptors (Lipinski definition) is 4. The molecule has 2 aromatic carbocycles. The fourth-order valence-electron chi connectivity index (χ4n) is 2.14. The Morgan fingerprint density at radius 1 is 1.00 bits per heavy atom. The third kappa shape index (κ3) is 6.07. The Morgan fingerprint density at radius 2 is 1.69 bits per heavy atom. The highest BCUT2D eigenvalue weighted by atomic mass is 16.5. The number of ether oxygens (including phenoxy) is 2. The smallest absolute Gasteiger partial charge is 0.251 e. The average molecular weight is 354 g/mol. The van der Waals surface area contributed by atoms with Gasteiger partial charge in [-0.1, -0.05) is 12.1 Å². The first-order valence-electron chi connectivity index (χ1n) is 8.12. The molecule has 0 saturated carbocycles. The van der Waals surface area contributed by atoms with Gasteiger partial charge in [-0.3, -0.25) is 9.59 Å². The van der Waals surface area contributed by atoms with Crippen LogP contribution < -0.4 is 15.4 Å². The molecule has 0 radical (unpaired) electrons. The number of methoxy groups -OCH3 is 2. The predicted octanol–water partition coefficient (Wildman–Crippen LogP) is 2.72. The Bertz CT molecular complexity index is 752. The van der Waals surface area contributed by atoms with Gasteiger partial charge < -0.3 is 20.1 Å². The van der Waals surface area contributed by atoms with Crippen LogP contribution in [0.5, 0.6) is 5.75 Å². The molecule has 0 aromatic heterocycles. The van der Waals surface area contributed by atoms with E-state index in [4.69, 9.17) is 9.47 Å². The van der Waals surface area contributed by atoms with Gasteiger partial charge in [0.25, 0.3) is 5.91 Å². The Hall–Kier alpha value is -3.12. The van der Waals surface area contributed by atoms with E-state index in [0.717, 1.165) is 11.3 Å². The molecule has 0 spiro atoms. The van der Waals surface area contributed by atoms with Crippen molar-refractivity contribution in [2.75, 3.05) is 32.7 Å². The summed E-state index contributed by atoms with van der Waals surface area (Å²) in [4.78, 5) is 23.9. The lowest BCUT2D eigenvalue weighted by Crippen LogP contribution is -2.26. The summed E-state index contributed by atoms with van der Waals surface area (Å²) in [5, 5.41) is 5.49. The lowest BCUT2D eigenvalue weighted by molar-refractivity contribution is -0.111. The van der Waals surface area contributed by atoms with Crippen LogP contribution >= 0.6 is 0 Å². The Labute approximate surface area is 152 Å². The Kier molecular flexibility index (Phi) is 7.39. The fourth-order valence-corrected chi connectivity index (χ4v) is 2.14. The largest absolute Gasteiger partial charge is 0.497 e. The quantitative estimate of drug-likeness (QED) is 0.564. The molecular weight excluding hydrogens is 332 g/mol. The van der Waals surface area contributed by atoms with Gasteiger partial charge >= 0.3 is 0 Å². The first-order chi connectivity index (χ1) is 12.6. The van der Waals surface area contributed by atoms with Gasteiger partial charge in [0.2, 0.25) is 5.91 Å². The first kappa shape index (κ1) is 19.2. The van der Waals surface area contributed by atoms with Gasteiger partial charge in [0.1, 0.15) is 5.75 Å². The topological polar surface area (TPSA) is 76.7 Å². The van der Waals surface area contributed by atoms with Gasteiger partial charge in [-0.05, 0) is 48.0 Å². The highest BCUT2D eigenvalue weighted by Gasteiger charge is 2.05. The molecule has 0 fully saturated rings. The molecule has 2 rings (SSSR count). The molecule has 0 aliphatic carbocycles. The average Bonchev–Trinajstić information content (AvgIpc) is 2.67. The van der Waals surface area contributed by atoms with E-state index in [1.165, 1.54) is 6.08 Å². The van der Waals surface area contributed by atoms with Crippen molar-refractivity contribution in [3.63, 3.8) is 0 Å². The lowest BCUT2D eigenvalue weighted by atomic mass is 10.2. The highest BCUT2D eigenvalue weighted by Crippen LogP contribution is 2.13. The van der Waals surface area contributed by atoms with E-state index in [2.05, 4.69) is 10.6 Å². The standard InChI is InChI=1S/C20H22N2O4/c1-25-14-13-21-20(24)16-6-8-17(9-7-16)22-19(23)12-5-15-3-10-18(26-2)11-4-15/h3-12H,13-14H2,1-2H3,(H,21,24)(H,22,23)/b12-5+. The molecular formula is C20H22N2O4. The van der Waals surface area contributed by atoms with Crippen LogP contribution in [0.2, 0.25) is 0 Å². The van der Waals surface area contributed by atoms with Gasteiger partial charge in [-0.25, -0.2) is 0 Å². The third-order valence-electron chi connectivity index (χ3n) is 3.55. The first-order valence-corrected chi connectivity index (χ1v) is 8.12. The minimum Gasteiger partial charge on any atom is -0.497 e. The van der Waals surface area contributed by atoms with E-state index < -0.39 is 0 Å². The van der Waals surface area contributed by atoms with Crippen molar-refractivity contribution in [2.24, 2.45) is 0 Å². The van der Waals surface area contributed by atoms with Crippen LogP contribution in [0.3, 0.4) is 0 Å². The number of amides is 2. The monoisotopic (exact) mass is 354 g/mol. The van der Waals surface area contributed by atoms with E-state index in [1.807, 2.05) is 24.3 Å².